The Labute approximate surface area is 122 Å². The van der Waals surface area contributed by atoms with Crippen LogP contribution in [0.2, 0.25) is 5.02 Å². The summed E-state index contributed by atoms with van der Waals surface area (Å²) in [4.78, 5) is 4.39. The summed E-state index contributed by atoms with van der Waals surface area (Å²) in [6.45, 7) is 0. The number of nitrogens with zero attached hydrogens (tertiary/aromatic N) is 1. The number of pyridine rings is 1. The van der Waals surface area contributed by atoms with E-state index in [0.29, 0.717) is 16.5 Å². The summed E-state index contributed by atoms with van der Waals surface area (Å²) in [7, 11) is 1.62. The van der Waals surface area contributed by atoms with Gasteiger partial charge in [0, 0.05) is 28.4 Å². The van der Waals surface area contributed by atoms with E-state index >= 15 is 0 Å². The molecule has 3 nitrogen and oxygen atoms in total. The molecule has 0 spiro atoms. The van der Waals surface area contributed by atoms with Crippen LogP contribution in [0.3, 0.4) is 0 Å². The fraction of sp³-hybridized carbons (Fsp3) is 0.0625. The zero-order chi connectivity index (χ0) is 14.1. The predicted molar refractivity (Wildman–Crippen MR) is 83.2 cm³/mol. The molecule has 0 radical (unpaired) electrons. The van der Waals surface area contributed by atoms with E-state index < -0.39 is 0 Å². The van der Waals surface area contributed by atoms with Gasteiger partial charge in [0.05, 0.1) is 12.1 Å². The van der Waals surface area contributed by atoms with E-state index in [1.807, 2.05) is 42.5 Å². The van der Waals surface area contributed by atoms with Gasteiger partial charge in [0.1, 0.15) is 5.52 Å². The molecule has 0 aliphatic heterocycles. The fourth-order valence-electron chi connectivity index (χ4n) is 2.35. The third-order valence-electron chi connectivity index (χ3n) is 3.25. The van der Waals surface area contributed by atoms with Crippen molar-refractivity contribution in [1.29, 1.82) is 0 Å². The van der Waals surface area contributed by atoms with Crippen molar-refractivity contribution in [2.45, 2.75) is 0 Å². The maximum atomic E-state index is 6.29. The quantitative estimate of drug-likeness (QED) is 0.719. The van der Waals surface area contributed by atoms with Crippen molar-refractivity contribution in [3.63, 3.8) is 0 Å². The molecule has 0 amide bonds. The first-order chi connectivity index (χ1) is 9.72. The van der Waals surface area contributed by atoms with E-state index in [1.54, 1.807) is 13.3 Å². The van der Waals surface area contributed by atoms with Crippen molar-refractivity contribution in [3.05, 3.63) is 53.7 Å². The van der Waals surface area contributed by atoms with Crippen LogP contribution in [-0.4, -0.2) is 12.1 Å². The molecule has 100 valence electrons. The monoisotopic (exact) mass is 284 g/mol. The molecule has 0 aliphatic rings. The van der Waals surface area contributed by atoms with Gasteiger partial charge < -0.3 is 10.5 Å². The van der Waals surface area contributed by atoms with Crippen molar-refractivity contribution >= 4 is 28.2 Å². The standard InChI is InChI=1S/C16H13ClN2O/c1-20-16-11(14-12(17)5-2-6-13(14)18)8-7-10-4-3-9-19-15(10)16/h2-9H,18H2,1H3. The number of fused-ring (bicyclic) bond motifs is 1. The number of nitrogens with two attached hydrogens (primary N) is 1. The van der Waals surface area contributed by atoms with Crippen molar-refractivity contribution in [1.82, 2.24) is 4.98 Å². The van der Waals surface area contributed by atoms with Crippen LogP contribution < -0.4 is 10.5 Å². The number of benzene rings is 2. The molecular formula is C16H13ClN2O. The molecule has 0 saturated carbocycles. The minimum atomic E-state index is 0.596. The Hall–Kier alpha value is -2.26. The SMILES string of the molecule is COc1c(-c2c(N)cccc2Cl)ccc2cccnc12. The molecule has 3 aromatic rings. The second kappa shape index (κ2) is 5.02. The smallest absolute Gasteiger partial charge is 0.153 e. The van der Waals surface area contributed by atoms with Crippen molar-refractivity contribution < 1.29 is 4.74 Å². The number of hydrogen-bond acceptors (Lipinski definition) is 3. The van der Waals surface area contributed by atoms with Gasteiger partial charge in [-0.3, -0.25) is 4.98 Å². The number of halogens is 1. The van der Waals surface area contributed by atoms with Gasteiger partial charge in [-0.25, -0.2) is 0 Å². The summed E-state index contributed by atoms with van der Waals surface area (Å²) in [5.74, 6) is 0.683. The van der Waals surface area contributed by atoms with Crippen LogP contribution in [0.4, 0.5) is 5.69 Å². The molecule has 0 bridgehead atoms. The molecule has 3 rings (SSSR count). The molecular weight excluding hydrogens is 272 g/mol. The minimum Gasteiger partial charge on any atom is -0.494 e. The zero-order valence-corrected chi connectivity index (χ0v) is 11.7. The highest BCUT2D eigenvalue weighted by atomic mass is 35.5. The van der Waals surface area contributed by atoms with E-state index in [9.17, 15) is 0 Å². The lowest BCUT2D eigenvalue weighted by Gasteiger charge is -2.14. The Bertz CT molecular complexity index is 766. The third-order valence-corrected chi connectivity index (χ3v) is 3.56. The molecule has 1 aromatic heterocycles. The average molecular weight is 285 g/mol. The van der Waals surface area contributed by atoms with Gasteiger partial charge in [0.2, 0.25) is 0 Å². The normalized spacial score (nSPS) is 10.7. The van der Waals surface area contributed by atoms with E-state index in [2.05, 4.69) is 4.98 Å². The number of methoxy groups -OCH3 is 1. The number of anilines is 1. The average Bonchev–Trinajstić information content (AvgIpc) is 2.46. The molecule has 0 atom stereocenters. The van der Waals surface area contributed by atoms with Gasteiger partial charge in [0.15, 0.2) is 5.75 Å². The van der Waals surface area contributed by atoms with Gasteiger partial charge in [-0.2, -0.15) is 0 Å². The summed E-state index contributed by atoms with van der Waals surface area (Å²) in [5, 5.41) is 1.61. The topological polar surface area (TPSA) is 48.1 Å². The zero-order valence-electron chi connectivity index (χ0n) is 10.9. The van der Waals surface area contributed by atoms with E-state index in [1.165, 1.54) is 0 Å². The number of rotatable bonds is 2. The van der Waals surface area contributed by atoms with Crippen molar-refractivity contribution in [3.8, 4) is 16.9 Å². The Morgan fingerprint density at radius 1 is 1.10 bits per heavy atom. The van der Waals surface area contributed by atoms with E-state index in [0.717, 1.165) is 22.0 Å². The highest BCUT2D eigenvalue weighted by Crippen LogP contribution is 2.41. The lowest BCUT2D eigenvalue weighted by Crippen LogP contribution is -1.95. The lowest BCUT2D eigenvalue weighted by atomic mass is 10.0. The maximum Gasteiger partial charge on any atom is 0.153 e. The van der Waals surface area contributed by atoms with Gasteiger partial charge in [0.25, 0.3) is 0 Å². The summed E-state index contributed by atoms with van der Waals surface area (Å²) in [6.07, 6.45) is 1.74. The molecule has 1 heterocycles. The Kier molecular flexibility index (Phi) is 3.20. The van der Waals surface area contributed by atoms with E-state index in [-0.39, 0.29) is 0 Å². The first-order valence-electron chi connectivity index (χ1n) is 6.18. The van der Waals surface area contributed by atoms with Gasteiger partial charge >= 0.3 is 0 Å². The molecule has 20 heavy (non-hydrogen) atoms. The fourth-order valence-corrected chi connectivity index (χ4v) is 2.63. The lowest BCUT2D eigenvalue weighted by molar-refractivity contribution is 0.420. The number of aromatic nitrogens is 1. The van der Waals surface area contributed by atoms with Crippen LogP contribution in [0.15, 0.2) is 48.7 Å². The van der Waals surface area contributed by atoms with Gasteiger partial charge in [-0.05, 0) is 24.3 Å². The summed E-state index contributed by atoms with van der Waals surface area (Å²) >= 11 is 6.29. The molecule has 2 aromatic carbocycles. The molecule has 0 unspecified atom stereocenters. The molecule has 0 aliphatic carbocycles. The molecule has 2 N–H and O–H groups in total. The first-order valence-corrected chi connectivity index (χ1v) is 6.56. The molecule has 4 heteroatoms. The van der Waals surface area contributed by atoms with Crippen molar-refractivity contribution in [2.75, 3.05) is 12.8 Å². The Morgan fingerprint density at radius 3 is 2.70 bits per heavy atom. The van der Waals surface area contributed by atoms with Crippen LogP contribution in [-0.2, 0) is 0 Å². The molecule has 0 fully saturated rings. The van der Waals surface area contributed by atoms with E-state index in [4.69, 9.17) is 22.1 Å². The highest BCUT2D eigenvalue weighted by Gasteiger charge is 2.15. The maximum absolute atomic E-state index is 6.29. The van der Waals surface area contributed by atoms with Crippen LogP contribution >= 0.6 is 11.6 Å². The van der Waals surface area contributed by atoms with Crippen LogP contribution in [0, 0.1) is 0 Å². The summed E-state index contributed by atoms with van der Waals surface area (Å²) in [6, 6.07) is 13.3. The highest BCUT2D eigenvalue weighted by molar-refractivity contribution is 6.34. The number of hydrogen-bond donors (Lipinski definition) is 1. The number of nitrogen functional groups attached to an aromatic ring is 1. The minimum absolute atomic E-state index is 0.596. The first kappa shape index (κ1) is 12.8. The van der Waals surface area contributed by atoms with Crippen molar-refractivity contribution in [2.24, 2.45) is 0 Å². The number of ether oxygens (including phenoxy) is 1. The Morgan fingerprint density at radius 2 is 1.95 bits per heavy atom. The molecule has 0 saturated heterocycles. The third kappa shape index (κ3) is 1.96. The summed E-state index contributed by atoms with van der Waals surface area (Å²) in [5.41, 5.74) is 9.10. The van der Waals surface area contributed by atoms with Gasteiger partial charge in [-0.15, -0.1) is 0 Å². The predicted octanol–water partition coefficient (Wildman–Crippen LogP) is 4.15. The van der Waals surface area contributed by atoms with Gasteiger partial charge in [-0.1, -0.05) is 29.8 Å². The van der Waals surface area contributed by atoms with Crippen LogP contribution in [0.25, 0.3) is 22.0 Å². The van der Waals surface area contributed by atoms with Crippen LogP contribution in [0.1, 0.15) is 0 Å². The van der Waals surface area contributed by atoms with Crippen LogP contribution in [0.5, 0.6) is 5.75 Å². The Balaban J connectivity index is 2.37. The second-order valence-electron chi connectivity index (χ2n) is 4.43. The largest absolute Gasteiger partial charge is 0.494 e. The second-order valence-corrected chi connectivity index (χ2v) is 4.83. The summed E-state index contributed by atoms with van der Waals surface area (Å²) < 4.78 is 5.55.